The standard InChI is InChI=1S/C30H33ClF2/c1-2-3-4-21-7-11-24(12-8-21)25-13-9-22(10-14-25)5-6-23-19-28(32)30(29(33)20-23)26-15-17-27(31)18-16-26/h7-8,11-12,15-20,22,25H,2-6,9-10,13-14H2,1H3. The Balaban J connectivity index is 1.30. The van der Waals surface area contributed by atoms with Crippen molar-refractivity contribution in [1.29, 1.82) is 0 Å². The molecule has 0 radical (unpaired) electrons. The van der Waals surface area contributed by atoms with Gasteiger partial charge in [-0.05, 0) is 110 Å². The lowest BCUT2D eigenvalue weighted by molar-refractivity contribution is 0.310. The molecule has 0 N–H and O–H groups in total. The summed E-state index contributed by atoms with van der Waals surface area (Å²) < 4.78 is 29.5. The first kappa shape index (κ1) is 24.0. The Bertz CT molecular complexity index is 1010. The Kier molecular flexibility index (Phi) is 8.20. The van der Waals surface area contributed by atoms with Crippen molar-refractivity contribution in [2.24, 2.45) is 5.92 Å². The summed E-state index contributed by atoms with van der Waals surface area (Å²) in [6.45, 7) is 2.23. The zero-order valence-corrected chi connectivity index (χ0v) is 20.2. The highest BCUT2D eigenvalue weighted by atomic mass is 35.5. The predicted molar refractivity (Wildman–Crippen MR) is 135 cm³/mol. The van der Waals surface area contributed by atoms with E-state index in [1.165, 1.54) is 68.2 Å². The molecule has 3 aromatic carbocycles. The van der Waals surface area contributed by atoms with Crippen LogP contribution in [0, 0.1) is 17.6 Å². The van der Waals surface area contributed by atoms with Gasteiger partial charge in [0.05, 0.1) is 5.56 Å². The zero-order valence-electron chi connectivity index (χ0n) is 19.4. The van der Waals surface area contributed by atoms with Gasteiger partial charge in [0, 0.05) is 5.02 Å². The second-order valence-corrected chi connectivity index (χ2v) is 9.98. The molecular weight excluding hydrogens is 434 g/mol. The summed E-state index contributed by atoms with van der Waals surface area (Å²) in [5.41, 5.74) is 4.19. The molecule has 0 amide bonds. The molecule has 3 aromatic rings. The summed E-state index contributed by atoms with van der Waals surface area (Å²) in [6.07, 6.45) is 10.2. The fraction of sp³-hybridized carbons (Fsp3) is 0.400. The molecule has 174 valence electrons. The Labute approximate surface area is 202 Å². The van der Waals surface area contributed by atoms with Crippen LogP contribution in [0.1, 0.15) is 74.5 Å². The van der Waals surface area contributed by atoms with Crippen molar-refractivity contribution in [3.63, 3.8) is 0 Å². The van der Waals surface area contributed by atoms with E-state index in [4.69, 9.17) is 11.6 Å². The van der Waals surface area contributed by atoms with Gasteiger partial charge >= 0.3 is 0 Å². The number of unbranched alkanes of at least 4 members (excludes halogenated alkanes) is 1. The molecule has 1 fully saturated rings. The summed E-state index contributed by atoms with van der Waals surface area (Å²) in [4.78, 5) is 0. The lowest BCUT2D eigenvalue weighted by Gasteiger charge is -2.29. The van der Waals surface area contributed by atoms with E-state index >= 15 is 0 Å². The Morgan fingerprint density at radius 2 is 1.42 bits per heavy atom. The average Bonchev–Trinajstić information content (AvgIpc) is 2.83. The molecule has 0 spiro atoms. The van der Waals surface area contributed by atoms with E-state index in [-0.39, 0.29) is 5.56 Å². The van der Waals surface area contributed by atoms with E-state index in [1.807, 2.05) is 0 Å². The maximum atomic E-state index is 14.7. The van der Waals surface area contributed by atoms with Crippen LogP contribution in [0.2, 0.25) is 5.02 Å². The van der Waals surface area contributed by atoms with Crippen molar-refractivity contribution < 1.29 is 8.78 Å². The van der Waals surface area contributed by atoms with Gasteiger partial charge in [0.25, 0.3) is 0 Å². The number of hydrogen-bond donors (Lipinski definition) is 0. The summed E-state index contributed by atoms with van der Waals surface area (Å²) in [7, 11) is 0. The SMILES string of the molecule is CCCCc1ccc(C2CCC(CCc3cc(F)c(-c4ccc(Cl)cc4)c(F)c3)CC2)cc1. The van der Waals surface area contributed by atoms with E-state index in [0.29, 0.717) is 22.4 Å². The van der Waals surface area contributed by atoms with Crippen molar-refractivity contribution in [2.75, 3.05) is 0 Å². The van der Waals surface area contributed by atoms with Crippen LogP contribution in [0.4, 0.5) is 8.78 Å². The van der Waals surface area contributed by atoms with Gasteiger partial charge in [0.15, 0.2) is 0 Å². The summed E-state index contributed by atoms with van der Waals surface area (Å²) >= 11 is 5.90. The Hall–Kier alpha value is -2.19. The lowest BCUT2D eigenvalue weighted by atomic mass is 9.76. The fourth-order valence-electron chi connectivity index (χ4n) is 5.15. The second kappa shape index (κ2) is 11.3. The smallest absolute Gasteiger partial charge is 0.134 e. The van der Waals surface area contributed by atoms with E-state index in [1.54, 1.807) is 24.3 Å². The molecule has 1 saturated carbocycles. The van der Waals surface area contributed by atoms with Gasteiger partial charge in [-0.2, -0.15) is 0 Å². The van der Waals surface area contributed by atoms with E-state index < -0.39 is 11.6 Å². The Morgan fingerprint density at radius 3 is 2.03 bits per heavy atom. The minimum atomic E-state index is -0.501. The van der Waals surface area contributed by atoms with E-state index in [0.717, 1.165) is 18.4 Å². The van der Waals surface area contributed by atoms with Gasteiger partial charge in [-0.1, -0.05) is 61.3 Å². The highest BCUT2D eigenvalue weighted by Crippen LogP contribution is 2.38. The third-order valence-corrected chi connectivity index (χ3v) is 7.44. The molecular formula is C30H33ClF2. The Morgan fingerprint density at radius 1 is 0.788 bits per heavy atom. The van der Waals surface area contributed by atoms with Crippen molar-refractivity contribution in [3.8, 4) is 11.1 Å². The fourth-order valence-corrected chi connectivity index (χ4v) is 5.28. The average molecular weight is 467 g/mol. The topological polar surface area (TPSA) is 0 Å². The first-order chi connectivity index (χ1) is 16.0. The predicted octanol–water partition coefficient (Wildman–Crippen LogP) is 9.53. The lowest BCUT2D eigenvalue weighted by Crippen LogP contribution is -2.14. The van der Waals surface area contributed by atoms with Crippen molar-refractivity contribution >= 4 is 11.6 Å². The molecule has 1 aliphatic rings. The molecule has 0 bridgehead atoms. The van der Waals surface area contributed by atoms with E-state index in [2.05, 4.69) is 31.2 Å². The molecule has 1 aliphatic carbocycles. The normalized spacial score (nSPS) is 18.4. The molecule has 0 heterocycles. The van der Waals surface area contributed by atoms with Crippen LogP contribution in [0.15, 0.2) is 60.7 Å². The largest absolute Gasteiger partial charge is 0.206 e. The van der Waals surface area contributed by atoms with Gasteiger partial charge < -0.3 is 0 Å². The first-order valence-corrected chi connectivity index (χ1v) is 12.7. The minimum Gasteiger partial charge on any atom is -0.206 e. The summed E-state index contributed by atoms with van der Waals surface area (Å²) in [6, 6.07) is 18.9. The van der Waals surface area contributed by atoms with Crippen molar-refractivity contribution in [3.05, 3.63) is 94.0 Å². The maximum Gasteiger partial charge on any atom is 0.134 e. The van der Waals surface area contributed by atoms with Crippen LogP contribution in [0.5, 0.6) is 0 Å². The number of benzene rings is 3. The van der Waals surface area contributed by atoms with Crippen molar-refractivity contribution in [2.45, 2.75) is 70.6 Å². The van der Waals surface area contributed by atoms with Gasteiger partial charge in [0.1, 0.15) is 11.6 Å². The zero-order chi connectivity index (χ0) is 23.2. The second-order valence-electron chi connectivity index (χ2n) is 9.54. The minimum absolute atomic E-state index is 0.0247. The van der Waals surface area contributed by atoms with Crippen LogP contribution >= 0.6 is 11.6 Å². The molecule has 0 atom stereocenters. The van der Waals surface area contributed by atoms with Gasteiger partial charge in [0.2, 0.25) is 0 Å². The quantitative estimate of drug-likeness (QED) is 0.310. The van der Waals surface area contributed by atoms with Crippen LogP contribution in [0.3, 0.4) is 0 Å². The van der Waals surface area contributed by atoms with Crippen LogP contribution < -0.4 is 0 Å². The summed E-state index contributed by atoms with van der Waals surface area (Å²) in [5.74, 6) is 0.277. The van der Waals surface area contributed by atoms with Gasteiger partial charge in [-0.3, -0.25) is 0 Å². The first-order valence-electron chi connectivity index (χ1n) is 12.4. The van der Waals surface area contributed by atoms with Gasteiger partial charge in [-0.25, -0.2) is 8.78 Å². The molecule has 3 heteroatoms. The molecule has 0 aromatic heterocycles. The third-order valence-electron chi connectivity index (χ3n) is 7.19. The monoisotopic (exact) mass is 466 g/mol. The molecule has 0 unspecified atom stereocenters. The number of halogens is 3. The maximum absolute atomic E-state index is 14.7. The van der Waals surface area contributed by atoms with Crippen molar-refractivity contribution in [1.82, 2.24) is 0 Å². The third kappa shape index (κ3) is 6.23. The number of aryl methyl sites for hydroxylation is 2. The van der Waals surface area contributed by atoms with Gasteiger partial charge in [-0.15, -0.1) is 0 Å². The van der Waals surface area contributed by atoms with E-state index in [9.17, 15) is 8.78 Å². The molecule has 0 nitrogen and oxygen atoms in total. The molecule has 0 saturated heterocycles. The summed E-state index contributed by atoms with van der Waals surface area (Å²) in [5, 5.41) is 0.551. The molecule has 0 aliphatic heterocycles. The highest BCUT2D eigenvalue weighted by Gasteiger charge is 2.22. The van der Waals surface area contributed by atoms with Crippen LogP contribution in [0.25, 0.3) is 11.1 Å². The molecule has 4 rings (SSSR count). The number of hydrogen-bond acceptors (Lipinski definition) is 0. The van der Waals surface area contributed by atoms with Crippen LogP contribution in [-0.2, 0) is 12.8 Å². The highest BCUT2D eigenvalue weighted by molar-refractivity contribution is 6.30. The number of rotatable bonds is 8. The van der Waals surface area contributed by atoms with Crippen LogP contribution in [-0.4, -0.2) is 0 Å². The molecule has 33 heavy (non-hydrogen) atoms.